The predicted molar refractivity (Wildman–Crippen MR) is 74.7 cm³/mol. The van der Waals surface area contributed by atoms with Gasteiger partial charge in [-0.25, -0.2) is 4.98 Å². The first-order chi connectivity index (χ1) is 8.86. The molecule has 0 amide bonds. The van der Waals surface area contributed by atoms with Crippen molar-refractivity contribution < 1.29 is 5.11 Å². The Morgan fingerprint density at radius 2 is 2.22 bits per heavy atom. The number of nitrogens with one attached hydrogen (secondary N) is 1. The second kappa shape index (κ2) is 5.34. The lowest BCUT2D eigenvalue weighted by atomic mass is 10.1. The van der Waals surface area contributed by atoms with E-state index in [1.165, 1.54) is 17.5 Å². The third-order valence-electron chi connectivity index (χ3n) is 3.75. The van der Waals surface area contributed by atoms with E-state index in [9.17, 15) is 5.11 Å². The molecule has 2 unspecified atom stereocenters. The van der Waals surface area contributed by atoms with Gasteiger partial charge in [0.1, 0.15) is 5.01 Å². The zero-order valence-corrected chi connectivity index (χ0v) is 11.1. The summed E-state index contributed by atoms with van der Waals surface area (Å²) < 4.78 is 1.25. The van der Waals surface area contributed by atoms with Crippen LogP contribution in [0.4, 0.5) is 0 Å². The van der Waals surface area contributed by atoms with Gasteiger partial charge in [-0.15, -0.1) is 11.3 Å². The Kier molecular flexibility index (Phi) is 3.59. The van der Waals surface area contributed by atoms with Crippen LogP contribution in [0.25, 0.3) is 10.2 Å². The first kappa shape index (κ1) is 12.1. The molecule has 0 aliphatic heterocycles. The van der Waals surface area contributed by atoms with Gasteiger partial charge in [0.15, 0.2) is 0 Å². The summed E-state index contributed by atoms with van der Waals surface area (Å²) in [5.74, 6) is 0.430. The molecule has 1 aromatic heterocycles. The lowest BCUT2D eigenvalue weighted by Gasteiger charge is -2.18. The molecule has 0 bridgehead atoms. The summed E-state index contributed by atoms with van der Waals surface area (Å²) >= 11 is 1.75. The van der Waals surface area contributed by atoms with Crippen LogP contribution in [0.2, 0.25) is 0 Å². The number of fused-ring (bicyclic) bond motifs is 1. The molecule has 18 heavy (non-hydrogen) atoms. The number of rotatable bonds is 4. The predicted octanol–water partition coefficient (Wildman–Crippen LogP) is 2.55. The third kappa shape index (κ3) is 2.41. The van der Waals surface area contributed by atoms with Crippen molar-refractivity contribution in [1.29, 1.82) is 0 Å². The fourth-order valence-electron chi connectivity index (χ4n) is 2.74. The minimum Gasteiger partial charge on any atom is -0.396 e. The molecule has 2 N–H and O–H groups in total. The van der Waals surface area contributed by atoms with Gasteiger partial charge in [-0.2, -0.15) is 0 Å². The van der Waals surface area contributed by atoms with E-state index in [1.54, 1.807) is 11.3 Å². The van der Waals surface area contributed by atoms with Crippen molar-refractivity contribution in [3.8, 4) is 0 Å². The highest BCUT2D eigenvalue weighted by atomic mass is 32.1. The summed E-state index contributed by atoms with van der Waals surface area (Å²) in [5.41, 5.74) is 1.09. The Hall–Kier alpha value is -0.970. The summed E-state index contributed by atoms with van der Waals surface area (Å²) in [6.45, 7) is 1.12. The monoisotopic (exact) mass is 262 g/mol. The largest absolute Gasteiger partial charge is 0.396 e. The van der Waals surface area contributed by atoms with E-state index in [0.29, 0.717) is 18.6 Å². The lowest BCUT2D eigenvalue weighted by molar-refractivity contribution is 0.205. The maximum atomic E-state index is 9.29. The van der Waals surface area contributed by atoms with Crippen molar-refractivity contribution in [3.05, 3.63) is 29.3 Å². The van der Waals surface area contributed by atoms with Gasteiger partial charge in [0.05, 0.1) is 10.2 Å². The fraction of sp³-hybridized carbons (Fsp3) is 0.500. The molecule has 2 atom stereocenters. The highest BCUT2D eigenvalue weighted by molar-refractivity contribution is 7.18. The van der Waals surface area contributed by atoms with E-state index < -0.39 is 0 Å². The third-order valence-corrected chi connectivity index (χ3v) is 4.78. The van der Waals surface area contributed by atoms with Crippen molar-refractivity contribution >= 4 is 21.6 Å². The van der Waals surface area contributed by atoms with Gasteiger partial charge in [0.2, 0.25) is 0 Å². The van der Waals surface area contributed by atoms with Crippen LogP contribution in [0.3, 0.4) is 0 Å². The molecule has 1 aliphatic rings. The Labute approximate surface area is 111 Å². The van der Waals surface area contributed by atoms with Crippen LogP contribution in [0.15, 0.2) is 24.3 Å². The van der Waals surface area contributed by atoms with E-state index in [2.05, 4.69) is 28.5 Å². The SMILES string of the molecule is OCC1CCCC1NCc1nc2ccccc2s1. The smallest absolute Gasteiger partial charge is 0.108 e. The second-order valence-electron chi connectivity index (χ2n) is 4.94. The van der Waals surface area contributed by atoms with Crippen molar-refractivity contribution in [1.82, 2.24) is 10.3 Å². The highest BCUT2D eigenvalue weighted by Gasteiger charge is 2.26. The Morgan fingerprint density at radius 3 is 3.06 bits per heavy atom. The summed E-state index contributed by atoms with van der Waals surface area (Å²) in [6.07, 6.45) is 3.55. The summed E-state index contributed by atoms with van der Waals surface area (Å²) in [5, 5.41) is 14.0. The normalized spacial score (nSPS) is 23.8. The van der Waals surface area contributed by atoms with Gasteiger partial charge in [0.25, 0.3) is 0 Å². The number of thiazole rings is 1. The summed E-state index contributed by atoms with van der Waals surface area (Å²) in [4.78, 5) is 4.62. The number of benzene rings is 1. The average molecular weight is 262 g/mol. The molecule has 0 saturated heterocycles. The molecule has 0 spiro atoms. The quantitative estimate of drug-likeness (QED) is 0.890. The number of aliphatic hydroxyl groups excluding tert-OH is 1. The molecule has 4 heteroatoms. The van der Waals surface area contributed by atoms with Gasteiger partial charge in [-0.05, 0) is 30.9 Å². The Morgan fingerprint density at radius 1 is 1.33 bits per heavy atom. The topological polar surface area (TPSA) is 45.1 Å². The maximum Gasteiger partial charge on any atom is 0.108 e. The van der Waals surface area contributed by atoms with Crippen LogP contribution >= 0.6 is 11.3 Å². The van der Waals surface area contributed by atoms with Crippen molar-refractivity contribution in [2.75, 3.05) is 6.61 Å². The molecule has 1 aliphatic carbocycles. The number of para-hydroxylation sites is 1. The van der Waals surface area contributed by atoms with Gasteiger partial charge < -0.3 is 10.4 Å². The molecule has 1 heterocycles. The Balaban J connectivity index is 1.66. The van der Waals surface area contributed by atoms with Crippen molar-refractivity contribution in [3.63, 3.8) is 0 Å². The zero-order valence-electron chi connectivity index (χ0n) is 10.3. The highest BCUT2D eigenvalue weighted by Crippen LogP contribution is 2.26. The van der Waals surface area contributed by atoms with Crippen LogP contribution in [0, 0.1) is 5.92 Å². The fourth-order valence-corrected chi connectivity index (χ4v) is 3.66. The van der Waals surface area contributed by atoms with Crippen molar-refractivity contribution in [2.24, 2.45) is 5.92 Å². The average Bonchev–Trinajstić information content (AvgIpc) is 3.01. The Bertz CT molecular complexity index is 492. The second-order valence-corrected chi connectivity index (χ2v) is 6.05. The number of nitrogens with zero attached hydrogens (tertiary/aromatic N) is 1. The first-order valence-corrected chi connectivity index (χ1v) is 7.37. The molecular weight excluding hydrogens is 244 g/mol. The standard InChI is InChI=1S/C14H18N2OS/c17-9-10-4-3-6-11(10)15-8-14-16-12-5-1-2-7-13(12)18-14/h1-2,5,7,10-11,15,17H,3-4,6,8-9H2. The van der Waals surface area contributed by atoms with E-state index in [1.807, 2.05) is 6.07 Å². The van der Waals surface area contributed by atoms with Gasteiger partial charge in [-0.3, -0.25) is 0 Å². The van der Waals surface area contributed by atoms with Gasteiger partial charge in [0, 0.05) is 19.2 Å². The molecule has 2 aromatic rings. The zero-order chi connectivity index (χ0) is 12.4. The lowest BCUT2D eigenvalue weighted by Crippen LogP contribution is -2.33. The molecule has 1 aromatic carbocycles. The van der Waals surface area contributed by atoms with Crippen LogP contribution < -0.4 is 5.32 Å². The summed E-state index contributed by atoms with van der Waals surface area (Å²) in [7, 11) is 0. The number of hydrogen-bond donors (Lipinski definition) is 2. The maximum absolute atomic E-state index is 9.29. The minimum atomic E-state index is 0.303. The van der Waals surface area contributed by atoms with Crippen LogP contribution in [0.1, 0.15) is 24.3 Å². The molecule has 3 rings (SSSR count). The first-order valence-electron chi connectivity index (χ1n) is 6.55. The van der Waals surface area contributed by atoms with Crippen LogP contribution in [-0.2, 0) is 6.54 Å². The van der Waals surface area contributed by atoms with E-state index in [4.69, 9.17) is 0 Å². The number of aromatic nitrogens is 1. The van der Waals surface area contributed by atoms with Crippen molar-refractivity contribution in [2.45, 2.75) is 31.8 Å². The molecule has 1 fully saturated rings. The van der Waals surface area contributed by atoms with Crippen LogP contribution in [-0.4, -0.2) is 22.7 Å². The van der Waals surface area contributed by atoms with E-state index in [0.717, 1.165) is 23.5 Å². The minimum absolute atomic E-state index is 0.303. The van der Waals surface area contributed by atoms with E-state index >= 15 is 0 Å². The molecular formula is C14H18N2OS. The molecule has 3 nitrogen and oxygen atoms in total. The molecule has 1 saturated carbocycles. The number of aliphatic hydroxyl groups is 1. The number of hydrogen-bond acceptors (Lipinski definition) is 4. The molecule has 0 radical (unpaired) electrons. The van der Waals surface area contributed by atoms with Gasteiger partial charge in [-0.1, -0.05) is 18.6 Å². The molecule has 96 valence electrons. The van der Waals surface area contributed by atoms with Crippen LogP contribution in [0.5, 0.6) is 0 Å². The van der Waals surface area contributed by atoms with E-state index in [-0.39, 0.29) is 0 Å². The summed E-state index contributed by atoms with van der Waals surface area (Å²) in [6, 6.07) is 8.71. The van der Waals surface area contributed by atoms with Gasteiger partial charge >= 0.3 is 0 Å².